The molecule has 0 heterocycles. The van der Waals surface area contributed by atoms with Crippen molar-refractivity contribution in [3.63, 3.8) is 0 Å². The molecule has 3 nitrogen and oxygen atoms in total. The Balaban J connectivity index is 4.43. The van der Waals surface area contributed by atoms with Crippen molar-refractivity contribution in [3.8, 4) is 0 Å². The van der Waals surface area contributed by atoms with E-state index >= 15 is 0 Å². The van der Waals surface area contributed by atoms with Crippen LogP contribution < -0.4 is 5.73 Å². The lowest BCUT2D eigenvalue weighted by Gasteiger charge is -2.02. The minimum atomic E-state index is -0.530. The van der Waals surface area contributed by atoms with Crippen LogP contribution in [0.1, 0.15) is 33.6 Å². The molecule has 0 aliphatic carbocycles. The summed E-state index contributed by atoms with van der Waals surface area (Å²) in [5.74, 6) is -0.181. The number of aliphatic imine (C=N–C) groups is 1. The van der Waals surface area contributed by atoms with Crippen LogP contribution in [0.3, 0.4) is 0 Å². The van der Waals surface area contributed by atoms with Gasteiger partial charge in [-0.2, -0.15) is 0 Å². The van der Waals surface area contributed by atoms with Gasteiger partial charge in [0.05, 0.1) is 6.21 Å². The van der Waals surface area contributed by atoms with Gasteiger partial charge in [-0.05, 0) is 37.5 Å². The molecule has 0 atom stereocenters. The Hall–Kier alpha value is -2.10. The number of rotatable bonds is 9. The normalized spacial score (nSPS) is 14.7. The number of nitrogens with two attached hydrogens (primary N) is 1. The molecule has 116 valence electrons. The Morgan fingerprint density at radius 1 is 1.33 bits per heavy atom. The van der Waals surface area contributed by atoms with Crippen LogP contribution in [0.4, 0.5) is 4.39 Å². The molecule has 4 heteroatoms. The standard InChI is InChI=1S/C17H25FN2O/c1-5-14(6-2)11-9-10-12-21-17(8-4)20-13-15(18)16(19)7-3/h5,8-11,13H,1,6-7,12,19H2,2-4H3/b10-9+,14-11+,16-15-,17-8-,20-13+. The maximum atomic E-state index is 13.4. The van der Waals surface area contributed by atoms with Crippen LogP contribution in [0, 0.1) is 0 Å². The second kappa shape index (κ2) is 11.7. The third kappa shape index (κ3) is 8.63. The van der Waals surface area contributed by atoms with Gasteiger partial charge in [0.15, 0.2) is 5.83 Å². The number of ether oxygens (including phenoxy) is 1. The molecule has 2 N–H and O–H groups in total. The summed E-state index contributed by atoms with van der Waals surface area (Å²) in [6, 6.07) is 0. The molecule has 0 rings (SSSR count). The molecule has 0 saturated heterocycles. The fraction of sp³-hybridized carbons (Fsp3) is 0.353. The van der Waals surface area contributed by atoms with E-state index in [0.29, 0.717) is 18.9 Å². The highest BCUT2D eigenvalue weighted by atomic mass is 19.1. The molecule has 21 heavy (non-hydrogen) atoms. The van der Waals surface area contributed by atoms with Gasteiger partial charge in [-0.1, -0.05) is 38.7 Å². The number of hydrogen-bond acceptors (Lipinski definition) is 3. The van der Waals surface area contributed by atoms with Crippen LogP contribution in [0.2, 0.25) is 0 Å². The van der Waals surface area contributed by atoms with Gasteiger partial charge in [0.25, 0.3) is 0 Å². The van der Waals surface area contributed by atoms with Gasteiger partial charge < -0.3 is 10.5 Å². The first-order valence-corrected chi connectivity index (χ1v) is 7.04. The van der Waals surface area contributed by atoms with Gasteiger partial charge >= 0.3 is 0 Å². The van der Waals surface area contributed by atoms with Crippen LogP contribution in [-0.2, 0) is 4.74 Å². The largest absolute Gasteiger partial charge is 0.474 e. The lowest BCUT2D eigenvalue weighted by Crippen LogP contribution is -1.99. The third-order valence-corrected chi connectivity index (χ3v) is 2.68. The lowest BCUT2D eigenvalue weighted by atomic mass is 10.2. The Labute approximate surface area is 127 Å². The minimum Gasteiger partial charge on any atom is -0.474 e. The summed E-state index contributed by atoms with van der Waals surface area (Å²) in [5, 5.41) is 0. The molecule has 0 saturated carbocycles. The van der Waals surface area contributed by atoms with Gasteiger partial charge in [-0.3, -0.25) is 0 Å². The van der Waals surface area contributed by atoms with Crippen molar-refractivity contribution in [2.75, 3.05) is 6.61 Å². The van der Waals surface area contributed by atoms with E-state index in [4.69, 9.17) is 10.5 Å². The first-order valence-electron chi connectivity index (χ1n) is 7.04. The smallest absolute Gasteiger partial charge is 0.209 e. The van der Waals surface area contributed by atoms with Gasteiger partial charge in [-0.15, -0.1) is 0 Å². The Morgan fingerprint density at radius 3 is 2.57 bits per heavy atom. The third-order valence-electron chi connectivity index (χ3n) is 2.68. The molecule has 0 aromatic carbocycles. The van der Waals surface area contributed by atoms with E-state index in [1.807, 2.05) is 24.3 Å². The van der Waals surface area contributed by atoms with E-state index in [9.17, 15) is 4.39 Å². The molecular weight excluding hydrogens is 267 g/mol. The van der Waals surface area contributed by atoms with Crippen molar-refractivity contribution < 1.29 is 9.13 Å². The zero-order valence-electron chi connectivity index (χ0n) is 13.1. The summed E-state index contributed by atoms with van der Waals surface area (Å²) in [4.78, 5) is 3.91. The maximum absolute atomic E-state index is 13.4. The SMILES string of the molecule is C=C/C(=C\C=C\COC(=C\C)/N=C/C(F)=C(/N)CC)CC. The van der Waals surface area contributed by atoms with E-state index in [-0.39, 0.29) is 5.70 Å². The Morgan fingerprint density at radius 2 is 2.05 bits per heavy atom. The van der Waals surface area contributed by atoms with E-state index in [1.54, 1.807) is 19.9 Å². The molecule has 0 radical (unpaired) electrons. The number of hydrogen-bond donors (Lipinski definition) is 1. The predicted molar refractivity (Wildman–Crippen MR) is 88.5 cm³/mol. The Kier molecular flexibility index (Phi) is 10.5. The highest BCUT2D eigenvalue weighted by molar-refractivity contribution is 5.77. The minimum absolute atomic E-state index is 0.177. The molecule has 0 aromatic heterocycles. The summed E-state index contributed by atoms with van der Waals surface area (Å²) in [6.45, 7) is 9.70. The topological polar surface area (TPSA) is 47.6 Å². The highest BCUT2D eigenvalue weighted by Gasteiger charge is 1.97. The van der Waals surface area contributed by atoms with Crippen molar-refractivity contribution in [1.29, 1.82) is 0 Å². The quantitative estimate of drug-likeness (QED) is 0.384. The highest BCUT2D eigenvalue weighted by Crippen LogP contribution is 2.05. The van der Waals surface area contributed by atoms with E-state index in [1.165, 1.54) is 0 Å². The molecule has 0 fully saturated rings. The molecule has 0 aliphatic rings. The van der Waals surface area contributed by atoms with Crippen LogP contribution in [-0.4, -0.2) is 12.8 Å². The zero-order chi connectivity index (χ0) is 16.1. The van der Waals surface area contributed by atoms with Crippen molar-refractivity contribution >= 4 is 6.21 Å². The van der Waals surface area contributed by atoms with Crippen LogP contribution in [0.5, 0.6) is 0 Å². The van der Waals surface area contributed by atoms with Crippen molar-refractivity contribution in [3.05, 3.63) is 59.9 Å². The average Bonchev–Trinajstić information content (AvgIpc) is 2.52. The van der Waals surface area contributed by atoms with Gasteiger partial charge in [0, 0.05) is 5.70 Å². The van der Waals surface area contributed by atoms with Crippen LogP contribution >= 0.6 is 0 Å². The molecule has 0 aliphatic heterocycles. The summed E-state index contributed by atoms with van der Waals surface area (Å²) in [6.07, 6.45) is 11.7. The monoisotopic (exact) mass is 292 g/mol. The molecule has 0 unspecified atom stereocenters. The lowest BCUT2D eigenvalue weighted by molar-refractivity contribution is 0.245. The maximum Gasteiger partial charge on any atom is 0.209 e. The van der Waals surface area contributed by atoms with Gasteiger partial charge in [0.2, 0.25) is 5.88 Å². The van der Waals surface area contributed by atoms with E-state index in [0.717, 1.165) is 18.2 Å². The molecule has 0 aromatic rings. The van der Waals surface area contributed by atoms with Crippen molar-refractivity contribution in [2.45, 2.75) is 33.6 Å². The Bertz CT molecular complexity index is 471. The summed E-state index contributed by atoms with van der Waals surface area (Å²) >= 11 is 0. The summed E-state index contributed by atoms with van der Waals surface area (Å²) in [5.41, 5.74) is 6.79. The number of allylic oxidation sites excluding steroid dienone is 7. The first-order chi connectivity index (χ1) is 10.1. The number of nitrogens with zero attached hydrogens (tertiary/aromatic N) is 1. The average molecular weight is 292 g/mol. The number of halogens is 1. The first kappa shape index (κ1) is 18.9. The van der Waals surface area contributed by atoms with Crippen LogP contribution in [0.25, 0.3) is 0 Å². The molecule has 0 amide bonds. The van der Waals surface area contributed by atoms with E-state index < -0.39 is 5.83 Å². The second-order valence-electron chi connectivity index (χ2n) is 4.15. The molecular formula is C17H25FN2O. The fourth-order valence-electron chi connectivity index (χ4n) is 1.28. The summed E-state index contributed by atoms with van der Waals surface area (Å²) < 4.78 is 18.8. The van der Waals surface area contributed by atoms with Crippen molar-refractivity contribution in [1.82, 2.24) is 0 Å². The molecule has 0 spiro atoms. The fourth-order valence-corrected chi connectivity index (χ4v) is 1.28. The van der Waals surface area contributed by atoms with Crippen molar-refractivity contribution in [2.24, 2.45) is 10.7 Å². The predicted octanol–water partition coefficient (Wildman–Crippen LogP) is 4.56. The molecule has 0 bridgehead atoms. The van der Waals surface area contributed by atoms with Gasteiger partial charge in [0.1, 0.15) is 6.61 Å². The van der Waals surface area contributed by atoms with Gasteiger partial charge in [-0.25, -0.2) is 9.38 Å². The summed E-state index contributed by atoms with van der Waals surface area (Å²) in [7, 11) is 0. The zero-order valence-corrected chi connectivity index (χ0v) is 13.1. The second-order valence-corrected chi connectivity index (χ2v) is 4.15. The van der Waals surface area contributed by atoms with E-state index in [2.05, 4.69) is 18.5 Å². The van der Waals surface area contributed by atoms with Crippen LogP contribution in [0.15, 0.2) is 64.9 Å².